The summed E-state index contributed by atoms with van der Waals surface area (Å²) >= 11 is 0. The number of unbranched alkanes of at least 4 members (excludes halogenated alkanes) is 1. The molecule has 0 saturated carbocycles. The second-order valence-electron chi connectivity index (χ2n) is 10.6. The van der Waals surface area contributed by atoms with Crippen molar-refractivity contribution in [2.75, 3.05) is 6.61 Å². The third-order valence-corrected chi connectivity index (χ3v) is 11.9. The molecule has 0 amide bonds. The molecular weight excluding hydrogens is 462 g/mol. The summed E-state index contributed by atoms with van der Waals surface area (Å²) in [6, 6.07) is 25.1. The Bertz CT molecular complexity index is 1070. The minimum Gasteiger partial charge on any atom is -0.407 e. The lowest BCUT2D eigenvalue weighted by Crippen LogP contribution is -2.66. The molecule has 0 fully saturated rings. The molecule has 1 aromatic heterocycles. The molecular formula is C31H41NO3Si. The molecule has 192 valence electrons. The van der Waals surface area contributed by atoms with Crippen LogP contribution in [0.25, 0.3) is 0 Å². The minimum atomic E-state index is -2.57. The van der Waals surface area contributed by atoms with Gasteiger partial charge in [0.1, 0.15) is 0 Å². The van der Waals surface area contributed by atoms with Crippen LogP contribution in [0.15, 0.2) is 84.9 Å². The van der Waals surface area contributed by atoms with Crippen molar-refractivity contribution < 1.29 is 14.3 Å². The van der Waals surface area contributed by atoms with Crippen LogP contribution in [0.4, 0.5) is 0 Å². The molecule has 1 atom stereocenters. The van der Waals surface area contributed by atoms with Crippen LogP contribution in [0.1, 0.15) is 62.6 Å². The first-order chi connectivity index (χ1) is 17.2. The highest BCUT2D eigenvalue weighted by Gasteiger charge is 2.50. The topological polar surface area (TPSA) is 51.5 Å². The summed E-state index contributed by atoms with van der Waals surface area (Å²) < 4.78 is 8.59. The SMILES string of the molecule is Cc1ccc(C)n1C(=O)/C=C/CCCC(O)CCO[Si](c1ccccc1)(c1ccccc1)C(C)(C)C. The van der Waals surface area contributed by atoms with Crippen molar-refractivity contribution in [3.63, 3.8) is 0 Å². The van der Waals surface area contributed by atoms with Crippen molar-refractivity contribution in [1.82, 2.24) is 4.57 Å². The number of aromatic nitrogens is 1. The van der Waals surface area contributed by atoms with E-state index in [1.165, 1.54) is 10.4 Å². The van der Waals surface area contributed by atoms with Gasteiger partial charge in [-0.05, 0) is 73.2 Å². The van der Waals surface area contributed by atoms with Crippen LogP contribution in [0.3, 0.4) is 0 Å². The number of aliphatic hydroxyl groups excluding tert-OH is 1. The minimum absolute atomic E-state index is 0.0192. The molecule has 3 rings (SSSR count). The van der Waals surface area contributed by atoms with Gasteiger partial charge in [-0.15, -0.1) is 0 Å². The van der Waals surface area contributed by atoms with E-state index < -0.39 is 14.4 Å². The lowest BCUT2D eigenvalue weighted by atomic mass is 10.1. The van der Waals surface area contributed by atoms with E-state index in [-0.39, 0.29) is 10.9 Å². The van der Waals surface area contributed by atoms with Crippen molar-refractivity contribution in [2.24, 2.45) is 0 Å². The largest absolute Gasteiger partial charge is 0.407 e. The summed E-state index contributed by atoms with van der Waals surface area (Å²) in [5, 5.41) is 13.1. The van der Waals surface area contributed by atoms with Crippen LogP contribution >= 0.6 is 0 Å². The molecule has 1 heterocycles. The predicted octanol–water partition coefficient (Wildman–Crippen LogP) is 5.80. The van der Waals surface area contributed by atoms with Gasteiger partial charge < -0.3 is 9.53 Å². The van der Waals surface area contributed by atoms with Crippen LogP contribution in [-0.2, 0) is 4.43 Å². The van der Waals surface area contributed by atoms with Gasteiger partial charge in [0.15, 0.2) is 0 Å². The van der Waals surface area contributed by atoms with Gasteiger partial charge in [-0.1, -0.05) is 87.5 Å². The molecule has 1 N–H and O–H groups in total. The zero-order valence-electron chi connectivity index (χ0n) is 22.4. The zero-order chi connectivity index (χ0) is 26.2. The molecule has 1 unspecified atom stereocenters. The first-order valence-corrected chi connectivity index (χ1v) is 14.9. The third kappa shape index (κ3) is 6.52. The summed E-state index contributed by atoms with van der Waals surface area (Å²) in [5.41, 5.74) is 1.89. The van der Waals surface area contributed by atoms with Crippen LogP contribution < -0.4 is 10.4 Å². The lowest BCUT2D eigenvalue weighted by molar-refractivity contribution is 0.0965. The fourth-order valence-electron chi connectivity index (χ4n) is 5.00. The van der Waals surface area contributed by atoms with E-state index in [0.29, 0.717) is 19.4 Å². The van der Waals surface area contributed by atoms with Crippen LogP contribution in [-0.4, -0.2) is 36.6 Å². The molecule has 36 heavy (non-hydrogen) atoms. The fourth-order valence-corrected chi connectivity index (χ4v) is 9.58. The number of aliphatic hydroxyl groups is 1. The van der Waals surface area contributed by atoms with E-state index in [4.69, 9.17) is 4.43 Å². The average molecular weight is 504 g/mol. The van der Waals surface area contributed by atoms with Crippen LogP contribution in [0.5, 0.6) is 0 Å². The number of rotatable bonds is 11. The van der Waals surface area contributed by atoms with Gasteiger partial charge in [0.2, 0.25) is 0 Å². The highest BCUT2D eigenvalue weighted by molar-refractivity contribution is 6.99. The highest BCUT2D eigenvalue weighted by atomic mass is 28.4. The molecule has 0 saturated heterocycles. The van der Waals surface area contributed by atoms with E-state index in [1.807, 2.05) is 44.2 Å². The normalized spacial score (nSPS) is 13.3. The molecule has 3 aromatic rings. The Kier molecular flexibility index (Phi) is 9.66. The third-order valence-electron chi connectivity index (χ3n) is 6.85. The number of hydrogen-bond acceptors (Lipinski definition) is 3. The Hall–Kier alpha value is -2.73. The van der Waals surface area contributed by atoms with Gasteiger partial charge in [-0.2, -0.15) is 0 Å². The molecule has 0 aliphatic heterocycles. The number of allylic oxidation sites excluding steroid dienone is 2. The number of benzene rings is 2. The number of hydrogen-bond donors (Lipinski definition) is 1. The van der Waals surface area contributed by atoms with E-state index in [1.54, 1.807) is 10.6 Å². The fraction of sp³-hybridized carbons (Fsp3) is 0.387. The predicted molar refractivity (Wildman–Crippen MR) is 152 cm³/mol. The second kappa shape index (κ2) is 12.5. The highest BCUT2D eigenvalue weighted by Crippen LogP contribution is 2.36. The maximum absolute atomic E-state index is 12.4. The van der Waals surface area contributed by atoms with Crippen molar-refractivity contribution >= 4 is 24.6 Å². The molecule has 0 aliphatic rings. The molecule has 0 spiro atoms. The first kappa shape index (κ1) is 27.8. The summed E-state index contributed by atoms with van der Waals surface area (Å²) in [4.78, 5) is 12.4. The van der Waals surface area contributed by atoms with Crippen molar-refractivity contribution in [2.45, 2.75) is 71.4 Å². The van der Waals surface area contributed by atoms with Gasteiger partial charge in [0, 0.05) is 18.0 Å². The lowest BCUT2D eigenvalue weighted by Gasteiger charge is -2.43. The Morgan fingerprint density at radius 2 is 1.44 bits per heavy atom. The molecule has 0 aliphatic carbocycles. The summed E-state index contributed by atoms with van der Waals surface area (Å²) in [5.74, 6) is -0.0192. The zero-order valence-corrected chi connectivity index (χ0v) is 23.4. The maximum atomic E-state index is 12.4. The summed E-state index contributed by atoms with van der Waals surface area (Å²) in [6.45, 7) is 11.2. The van der Waals surface area contributed by atoms with Crippen molar-refractivity contribution in [3.8, 4) is 0 Å². The van der Waals surface area contributed by atoms with Crippen molar-refractivity contribution in [1.29, 1.82) is 0 Å². The molecule has 0 radical (unpaired) electrons. The first-order valence-electron chi connectivity index (χ1n) is 13.0. The van der Waals surface area contributed by atoms with Gasteiger partial charge >= 0.3 is 0 Å². The maximum Gasteiger partial charge on any atom is 0.261 e. The summed E-state index contributed by atoms with van der Waals surface area (Å²) in [6.07, 6.45) is 5.98. The second-order valence-corrected chi connectivity index (χ2v) is 14.9. The molecule has 2 aromatic carbocycles. The monoisotopic (exact) mass is 503 g/mol. The molecule has 0 bridgehead atoms. The molecule has 4 nitrogen and oxygen atoms in total. The van der Waals surface area contributed by atoms with E-state index in [2.05, 4.69) is 69.3 Å². The average Bonchev–Trinajstić information content (AvgIpc) is 3.19. The van der Waals surface area contributed by atoms with Gasteiger partial charge in [-0.3, -0.25) is 9.36 Å². The van der Waals surface area contributed by atoms with Crippen molar-refractivity contribution in [3.05, 3.63) is 96.3 Å². The Morgan fingerprint density at radius 3 is 1.94 bits per heavy atom. The Morgan fingerprint density at radius 1 is 0.917 bits per heavy atom. The number of aryl methyl sites for hydroxylation is 2. The number of nitrogens with zero attached hydrogens (tertiary/aromatic N) is 1. The van der Waals surface area contributed by atoms with E-state index in [9.17, 15) is 9.90 Å². The van der Waals surface area contributed by atoms with E-state index >= 15 is 0 Å². The number of carbonyl (C=O) groups is 1. The quantitative estimate of drug-likeness (QED) is 0.204. The Balaban J connectivity index is 1.58. The van der Waals surface area contributed by atoms with Gasteiger partial charge in [-0.25, -0.2) is 0 Å². The van der Waals surface area contributed by atoms with Gasteiger partial charge in [0.05, 0.1) is 6.10 Å². The molecule has 5 heteroatoms. The smallest absolute Gasteiger partial charge is 0.261 e. The summed E-state index contributed by atoms with van der Waals surface area (Å²) in [7, 11) is -2.57. The standard InChI is InChI=1S/C31H41NO3Si/c1-25-21-22-26(2)32(25)30(34)20-14-6-9-15-27(33)23-24-35-36(31(3,4)5,28-16-10-7-11-17-28)29-18-12-8-13-19-29/h7-8,10-14,16-22,27,33H,6,9,15,23-24H2,1-5H3/b20-14+. The Labute approximate surface area is 217 Å². The van der Waals surface area contributed by atoms with Crippen LogP contribution in [0.2, 0.25) is 5.04 Å². The van der Waals surface area contributed by atoms with E-state index in [0.717, 1.165) is 24.2 Å². The van der Waals surface area contributed by atoms with Crippen LogP contribution in [0, 0.1) is 13.8 Å². The number of carbonyl (C=O) groups excluding carboxylic acids is 1. The van der Waals surface area contributed by atoms with Gasteiger partial charge in [0.25, 0.3) is 14.2 Å².